The van der Waals surface area contributed by atoms with Gasteiger partial charge in [-0.2, -0.15) is 5.10 Å². The zero-order valence-corrected chi connectivity index (χ0v) is 14.6. The van der Waals surface area contributed by atoms with Crippen molar-refractivity contribution >= 4 is 34.8 Å². The van der Waals surface area contributed by atoms with Crippen molar-refractivity contribution in [2.75, 3.05) is 5.32 Å². The number of nitrogens with one attached hydrogen (secondary N) is 1. The van der Waals surface area contributed by atoms with Crippen LogP contribution in [0.1, 0.15) is 36.3 Å². The number of hydrogen-bond acceptors (Lipinski definition) is 2. The van der Waals surface area contributed by atoms with E-state index < -0.39 is 0 Å². The van der Waals surface area contributed by atoms with E-state index in [4.69, 9.17) is 23.2 Å². The van der Waals surface area contributed by atoms with Crippen LogP contribution in [0.25, 0.3) is 0 Å². The average Bonchev–Trinajstić information content (AvgIpc) is 2.65. The summed E-state index contributed by atoms with van der Waals surface area (Å²) in [5.41, 5.74) is 3.84. The molecule has 1 aromatic heterocycles. The van der Waals surface area contributed by atoms with Gasteiger partial charge in [0.2, 0.25) is 5.91 Å². The van der Waals surface area contributed by atoms with Crippen LogP contribution < -0.4 is 5.32 Å². The van der Waals surface area contributed by atoms with Crippen LogP contribution in [0.3, 0.4) is 0 Å². The van der Waals surface area contributed by atoms with Gasteiger partial charge in [0.1, 0.15) is 0 Å². The number of anilines is 1. The Morgan fingerprint density at radius 1 is 1.23 bits per heavy atom. The van der Waals surface area contributed by atoms with Gasteiger partial charge in [-0.3, -0.25) is 9.48 Å². The lowest BCUT2D eigenvalue weighted by atomic mass is 10.2. The Morgan fingerprint density at radius 3 is 2.32 bits per heavy atom. The van der Waals surface area contributed by atoms with Gasteiger partial charge in [-0.25, -0.2) is 0 Å². The van der Waals surface area contributed by atoms with Gasteiger partial charge in [-0.1, -0.05) is 23.2 Å². The first-order valence-corrected chi connectivity index (χ1v) is 7.81. The van der Waals surface area contributed by atoms with Crippen molar-refractivity contribution in [3.8, 4) is 0 Å². The first kappa shape index (κ1) is 16.8. The van der Waals surface area contributed by atoms with E-state index in [1.165, 1.54) is 0 Å². The second-order valence-corrected chi connectivity index (χ2v) is 6.37. The smallest absolute Gasteiger partial charge is 0.226 e. The highest BCUT2D eigenvalue weighted by atomic mass is 35.5. The molecule has 0 saturated heterocycles. The minimum Gasteiger partial charge on any atom is -0.326 e. The molecule has 0 fully saturated rings. The Kier molecular flexibility index (Phi) is 5.14. The molecule has 118 valence electrons. The molecule has 0 radical (unpaired) electrons. The van der Waals surface area contributed by atoms with Gasteiger partial charge in [0.15, 0.2) is 0 Å². The fraction of sp³-hybridized carbons (Fsp3) is 0.375. The minimum absolute atomic E-state index is 0.0259. The highest BCUT2D eigenvalue weighted by Gasteiger charge is 2.16. The Labute approximate surface area is 140 Å². The maximum absolute atomic E-state index is 12.2. The standard InChI is InChI=1S/C16H19Cl2N3O/c1-9(21-12(4)10(2)11(3)20-21)5-16(22)19-15-7-13(17)6-14(18)8-15/h6-9H,5H2,1-4H3,(H,19,22)/t9-/m0/s1. The SMILES string of the molecule is Cc1nn([C@@H](C)CC(=O)Nc2cc(Cl)cc(Cl)c2)c(C)c1C. The number of nitrogens with zero attached hydrogens (tertiary/aromatic N) is 2. The fourth-order valence-electron chi connectivity index (χ4n) is 2.37. The molecule has 1 N–H and O–H groups in total. The molecule has 0 spiro atoms. The summed E-state index contributed by atoms with van der Waals surface area (Å²) in [6.45, 7) is 8.00. The molecule has 2 rings (SSSR count). The number of aryl methyl sites for hydroxylation is 1. The van der Waals surface area contributed by atoms with Crippen LogP contribution in [0, 0.1) is 20.8 Å². The van der Waals surface area contributed by atoms with Gasteiger partial charge in [0, 0.05) is 27.8 Å². The predicted octanol–water partition coefficient (Wildman–Crippen LogP) is 4.70. The molecule has 1 atom stereocenters. The van der Waals surface area contributed by atoms with Crippen molar-refractivity contribution in [3.63, 3.8) is 0 Å². The molecule has 0 aliphatic heterocycles. The Morgan fingerprint density at radius 2 is 1.82 bits per heavy atom. The van der Waals surface area contributed by atoms with E-state index in [1.54, 1.807) is 18.2 Å². The summed E-state index contributed by atoms with van der Waals surface area (Å²) in [6, 6.07) is 4.94. The van der Waals surface area contributed by atoms with Gasteiger partial charge in [-0.05, 0) is 51.5 Å². The molecule has 6 heteroatoms. The van der Waals surface area contributed by atoms with Crippen LogP contribution in [-0.4, -0.2) is 15.7 Å². The molecule has 0 aliphatic rings. The van der Waals surface area contributed by atoms with E-state index in [9.17, 15) is 4.79 Å². The molecule has 0 bridgehead atoms. The van der Waals surface area contributed by atoms with Crippen LogP contribution in [0.15, 0.2) is 18.2 Å². The van der Waals surface area contributed by atoms with Crippen molar-refractivity contribution in [1.29, 1.82) is 0 Å². The Balaban J connectivity index is 2.06. The lowest BCUT2D eigenvalue weighted by Gasteiger charge is -2.14. The monoisotopic (exact) mass is 339 g/mol. The second kappa shape index (κ2) is 6.71. The summed E-state index contributed by atoms with van der Waals surface area (Å²) in [5.74, 6) is -0.101. The summed E-state index contributed by atoms with van der Waals surface area (Å²) >= 11 is 11.9. The number of aromatic nitrogens is 2. The fourth-order valence-corrected chi connectivity index (χ4v) is 2.89. The molecule has 1 aromatic carbocycles. The quantitative estimate of drug-likeness (QED) is 0.876. The van der Waals surface area contributed by atoms with E-state index in [0.29, 0.717) is 22.2 Å². The second-order valence-electron chi connectivity index (χ2n) is 5.50. The topological polar surface area (TPSA) is 46.9 Å². The molecule has 0 saturated carbocycles. The normalized spacial score (nSPS) is 12.3. The zero-order valence-electron chi connectivity index (χ0n) is 13.1. The van der Waals surface area contributed by atoms with Gasteiger partial charge in [0.05, 0.1) is 11.7 Å². The summed E-state index contributed by atoms with van der Waals surface area (Å²) in [6.07, 6.45) is 0.325. The molecular weight excluding hydrogens is 321 g/mol. The molecule has 0 aliphatic carbocycles. The number of rotatable bonds is 4. The highest BCUT2D eigenvalue weighted by molar-refractivity contribution is 6.35. The number of benzene rings is 1. The third-order valence-corrected chi connectivity index (χ3v) is 4.17. The van der Waals surface area contributed by atoms with Crippen LogP contribution in [0.5, 0.6) is 0 Å². The summed E-state index contributed by atoms with van der Waals surface area (Å²) < 4.78 is 1.90. The molecule has 4 nitrogen and oxygen atoms in total. The van der Waals surface area contributed by atoms with E-state index in [0.717, 1.165) is 17.0 Å². The number of carbonyl (C=O) groups excluding carboxylic acids is 1. The highest BCUT2D eigenvalue weighted by Crippen LogP contribution is 2.23. The Hall–Kier alpha value is -1.52. The molecule has 22 heavy (non-hydrogen) atoms. The molecule has 1 heterocycles. The van der Waals surface area contributed by atoms with Crippen molar-refractivity contribution in [2.24, 2.45) is 0 Å². The number of carbonyl (C=O) groups is 1. The molecule has 0 unspecified atom stereocenters. The molecular formula is C16H19Cl2N3O. The lowest BCUT2D eigenvalue weighted by molar-refractivity contribution is -0.116. The third kappa shape index (κ3) is 3.81. The molecule has 1 amide bonds. The molecule has 2 aromatic rings. The largest absolute Gasteiger partial charge is 0.326 e. The summed E-state index contributed by atoms with van der Waals surface area (Å²) in [5, 5.41) is 8.29. The maximum Gasteiger partial charge on any atom is 0.226 e. The predicted molar refractivity (Wildman–Crippen MR) is 90.9 cm³/mol. The van der Waals surface area contributed by atoms with Gasteiger partial charge >= 0.3 is 0 Å². The summed E-state index contributed by atoms with van der Waals surface area (Å²) in [4.78, 5) is 12.2. The first-order chi connectivity index (χ1) is 10.3. The Bertz CT molecular complexity index is 689. The van der Waals surface area contributed by atoms with Crippen LogP contribution in [-0.2, 0) is 4.79 Å². The van der Waals surface area contributed by atoms with Gasteiger partial charge in [0.25, 0.3) is 0 Å². The lowest BCUT2D eigenvalue weighted by Crippen LogP contribution is -2.19. The minimum atomic E-state index is -0.101. The average molecular weight is 340 g/mol. The van der Waals surface area contributed by atoms with Crippen molar-refractivity contribution in [2.45, 2.75) is 40.2 Å². The number of hydrogen-bond donors (Lipinski definition) is 1. The van der Waals surface area contributed by atoms with E-state index in [-0.39, 0.29) is 11.9 Å². The van der Waals surface area contributed by atoms with E-state index in [2.05, 4.69) is 10.4 Å². The maximum atomic E-state index is 12.2. The first-order valence-electron chi connectivity index (χ1n) is 7.06. The van der Waals surface area contributed by atoms with Crippen LogP contribution in [0.4, 0.5) is 5.69 Å². The van der Waals surface area contributed by atoms with Gasteiger partial charge in [-0.15, -0.1) is 0 Å². The van der Waals surface area contributed by atoms with Crippen molar-refractivity contribution in [3.05, 3.63) is 45.2 Å². The number of halogens is 2. The van der Waals surface area contributed by atoms with Crippen LogP contribution >= 0.6 is 23.2 Å². The van der Waals surface area contributed by atoms with Crippen LogP contribution in [0.2, 0.25) is 10.0 Å². The number of amides is 1. The van der Waals surface area contributed by atoms with Gasteiger partial charge < -0.3 is 5.32 Å². The van der Waals surface area contributed by atoms with Crippen molar-refractivity contribution in [1.82, 2.24) is 9.78 Å². The zero-order chi connectivity index (χ0) is 16.4. The summed E-state index contributed by atoms with van der Waals surface area (Å²) in [7, 11) is 0. The van der Waals surface area contributed by atoms with E-state index in [1.807, 2.05) is 32.4 Å². The third-order valence-electron chi connectivity index (χ3n) is 3.73. The van der Waals surface area contributed by atoms with Crippen molar-refractivity contribution < 1.29 is 4.79 Å². The van der Waals surface area contributed by atoms with E-state index >= 15 is 0 Å².